The molecule has 19 heavy (non-hydrogen) atoms. The van der Waals surface area contributed by atoms with E-state index in [4.69, 9.17) is 11.6 Å². The van der Waals surface area contributed by atoms with Crippen molar-refractivity contribution in [2.24, 2.45) is 11.8 Å². The quantitative estimate of drug-likeness (QED) is 0.858. The number of hydrogen-bond donors (Lipinski definition) is 1. The van der Waals surface area contributed by atoms with Gasteiger partial charge in [-0.05, 0) is 43.4 Å². The van der Waals surface area contributed by atoms with Crippen LogP contribution in [-0.4, -0.2) is 35.1 Å². The third kappa shape index (κ3) is 2.26. The van der Waals surface area contributed by atoms with E-state index in [9.17, 15) is 9.90 Å². The number of nitrogens with zero attached hydrogens (tertiary/aromatic N) is 1. The molecule has 1 saturated heterocycles. The molecule has 1 heterocycles. The van der Waals surface area contributed by atoms with Crippen LogP contribution in [-0.2, 0) is 0 Å². The van der Waals surface area contributed by atoms with Gasteiger partial charge in [0.2, 0.25) is 0 Å². The first-order chi connectivity index (χ1) is 9.06. The molecular formula is C15H18ClNO2. The minimum atomic E-state index is -0.240. The molecule has 1 aromatic rings. The predicted octanol–water partition coefficient (Wildman–Crippen LogP) is 2.49. The Morgan fingerprint density at radius 3 is 2.84 bits per heavy atom. The zero-order chi connectivity index (χ0) is 13.6. The first-order valence-corrected chi connectivity index (χ1v) is 7.17. The molecule has 0 radical (unpaired) electrons. The smallest absolute Gasteiger partial charge is 0.255 e. The highest BCUT2D eigenvalue weighted by Gasteiger charge is 2.43. The van der Waals surface area contributed by atoms with Crippen LogP contribution in [0.2, 0.25) is 5.02 Å². The van der Waals surface area contributed by atoms with Gasteiger partial charge in [-0.25, -0.2) is 0 Å². The highest BCUT2D eigenvalue weighted by Crippen LogP contribution is 2.38. The molecule has 1 aliphatic carbocycles. The third-order valence-electron chi connectivity index (χ3n) is 4.46. The summed E-state index contributed by atoms with van der Waals surface area (Å²) in [5, 5.41) is 10.4. The van der Waals surface area contributed by atoms with Crippen LogP contribution >= 0.6 is 11.6 Å². The number of carbonyl (C=O) groups is 1. The van der Waals surface area contributed by atoms with Crippen molar-refractivity contribution < 1.29 is 9.90 Å². The summed E-state index contributed by atoms with van der Waals surface area (Å²) in [7, 11) is 0. The molecule has 1 N–H and O–H groups in total. The summed E-state index contributed by atoms with van der Waals surface area (Å²) >= 11 is 6.16. The molecule has 102 valence electrons. The van der Waals surface area contributed by atoms with E-state index in [0.29, 0.717) is 23.0 Å². The average Bonchev–Trinajstić information content (AvgIpc) is 2.91. The van der Waals surface area contributed by atoms with E-state index < -0.39 is 0 Å². The fourth-order valence-corrected chi connectivity index (χ4v) is 3.68. The molecule has 0 spiro atoms. The number of amides is 1. The highest BCUT2D eigenvalue weighted by atomic mass is 35.5. The van der Waals surface area contributed by atoms with Crippen LogP contribution in [0.4, 0.5) is 0 Å². The standard InChI is InChI=1S/C15H18ClNO2/c1-9-2-4-11(13(16)6-9)15(19)17-7-10-3-5-14(18)12(10)8-17/h2,4,6,10,12,14,18H,3,5,7-8H2,1H3. The molecule has 4 heteroatoms. The van der Waals surface area contributed by atoms with E-state index in [1.165, 1.54) is 0 Å². The number of rotatable bonds is 1. The summed E-state index contributed by atoms with van der Waals surface area (Å²) in [6.07, 6.45) is 1.66. The van der Waals surface area contributed by atoms with Crippen LogP contribution in [0, 0.1) is 18.8 Å². The summed E-state index contributed by atoms with van der Waals surface area (Å²) in [5.41, 5.74) is 1.62. The minimum Gasteiger partial charge on any atom is -0.393 e. The summed E-state index contributed by atoms with van der Waals surface area (Å²) < 4.78 is 0. The van der Waals surface area contributed by atoms with Gasteiger partial charge < -0.3 is 10.0 Å². The van der Waals surface area contributed by atoms with E-state index in [1.807, 2.05) is 24.0 Å². The molecule has 1 aromatic carbocycles. The molecule has 0 aromatic heterocycles. The number of benzene rings is 1. The molecule has 3 atom stereocenters. The molecular weight excluding hydrogens is 262 g/mol. The monoisotopic (exact) mass is 279 g/mol. The number of hydrogen-bond acceptors (Lipinski definition) is 2. The Hall–Kier alpha value is -1.06. The zero-order valence-electron chi connectivity index (χ0n) is 11.0. The number of halogens is 1. The highest BCUT2D eigenvalue weighted by molar-refractivity contribution is 6.33. The van der Waals surface area contributed by atoms with E-state index >= 15 is 0 Å². The number of aryl methyl sites for hydroxylation is 1. The molecule has 1 aliphatic heterocycles. The zero-order valence-corrected chi connectivity index (χ0v) is 11.7. The van der Waals surface area contributed by atoms with E-state index in [2.05, 4.69) is 0 Å². The second-order valence-electron chi connectivity index (χ2n) is 5.76. The topological polar surface area (TPSA) is 40.5 Å². The van der Waals surface area contributed by atoms with Gasteiger partial charge in [-0.15, -0.1) is 0 Å². The number of fused-ring (bicyclic) bond motifs is 1. The van der Waals surface area contributed by atoms with Gasteiger partial charge in [-0.1, -0.05) is 17.7 Å². The van der Waals surface area contributed by atoms with Gasteiger partial charge in [0.25, 0.3) is 5.91 Å². The fraction of sp³-hybridized carbons (Fsp3) is 0.533. The molecule has 1 saturated carbocycles. The lowest BCUT2D eigenvalue weighted by Crippen LogP contribution is -2.31. The van der Waals surface area contributed by atoms with Crippen molar-refractivity contribution >= 4 is 17.5 Å². The molecule has 0 bridgehead atoms. The molecule has 3 rings (SSSR count). The Bertz CT molecular complexity index is 517. The van der Waals surface area contributed by atoms with Crippen molar-refractivity contribution in [3.05, 3.63) is 34.3 Å². The molecule has 2 fully saturated rings. The molecule has 3 nitrogen and oxygen atoms in total. The number of carbonyl (C=O) groups excluding carboxylic acids is 1. The van der Waals surface area contributed by atoms with E-state index in [0.717, 1.165) is 24.9 Å². The maximum Gasteiger partial charge on any atom is 0.255 e. The lowest BCUT2D eigenvalue weighted by atomic mass is 10.00. The molecule has 2 aliphatic rings. The molecule has 1 amide bonds. The molecule has 3 unspecified atom stereocenters. The van der Waals surface area contributed by atoms with Crippen molar-refractivity contribution in [1.82, 2.24) is 4.90 Å². The minimum absolute atomic E-state index is 0.00778. The summed E-state index contributed by atoms with van der Waals surface area (Å²) in [6.45, 7) is 3.37. The maximum atomic E-state index is 12.5. The predicted molar refractivity (Wildman–Crippen MR) is 74.3 cm³/mol. The van der Waals surface area contributed by atoms with Gasteiger partial charge in [0.15, 0.2) is 0 Å². The SMILES string of the molecule is Cc1ccc(C(=O)N2CC3CCC(O)C3C2)c(Cl)c1. The van der Waals surface area contributed by atoms with Crippen LogP contribution in [0.3, 0.4) is 0 Å². The number of aliphatic hydroxyl groups is 1. The summed E-state index contributed by atoms with van der Waals surface area (Å²) in [4.78, 5) is 14.3. The van der Waals surface area contributed by atoms with Crippen molar-refractivity contribution in [1.29, 1.82) is 0 Å². The number of likely N-dealkylation sites (tertiary alicyclic amines) is 1. The Balaban J connectivity index is 1.78. The Morgan fingerprint density at radius 2 is 2.16 bits per heavy atom. The van der Waals surface area contributed by atoms with E-state index in [-0.39, 0.29) is 17.9 Å². The Morgan fingerprint density at radius 1 is 1.37 bits per heavy atom. The van der Waals surface area contributed by atoms with Crippen LogP contribution in [0.1, 0.15) is 28.8 Å². The lowest BCUT2D eigenvalue weighted by Gasteiger charge is -2.19. The van der Waals surface area contributed by atoms with E-state index in [1.54, 1.807) is 6.07 Å². The Kier molecular flexibility index (Phi) is 3.27. The largest absolute Gasteiger partial charge is 0.393 e. The van der Waals surface area contributed by atoms with Crippen molar-refractivity contribution in [2.45, 2.75) is 25.9 Å². The second-order valence-corrected chi connectivity index (χ2v) is 6.17. The van der Waals surface area contributed by atoms with Gasteiger partial charge in [0.1, 0.15) is 0 Å². The van der Waals surface area contributed by atoms with Crippen molar-refractivity contribution in [3.63, 3.8) is 0 Å². The van der Waals surface area contributed by atoms with Crippen molar-refractivity contribution in [3.8, 4) is 0 Å². The summed E-state index contributed by atoms with van der Waals surface area (Å²) in [6, 6.07) is 5.52. The lowest BCUT2D eigenvalue weighted by molar-refractivity contribution is 0.0752. The van der Waals surface area contributed by atoms with Crippen LogP contribution < -0.4 is 0 Å². The summed E-state index contributed by atoms with van der Waals surface area (Å²) in [5.74, 6) is 0.711. The van der Waals surface area contributed by atoms with Crippen LogP contribution in [0.15, 0.2) is 18.2 Å². The van der Waals surface area contributed by atoms with Gasteiger partial charge in [-0.3, -0.25) is 4.79 Å². The first kappa shape index (κ1) is 12.9. The van der Waals surface area contributed by atoms with Gasteiger partial charge in [0, 0.05) is 19.0 Å². The van der Waals surface area contributed by atoms with Gasteiger partial charge in [0.05, 0.1) is 16.7 Å². The normalized spacial score (nSPS) is 29.6. The van der Waals surface area contributed by atoms with Crippen molar-refractivity contribution in [2.75, 3.05) is 13.1 Å². The van der Waals surface area contributed by atoms with Gasteiger partial charge >= 0.3 is 0 Å². The van der Waals surface area contributed by atoms with Crippen LogP contribution in [0.25, 0.3) is 0 Å². The van der Waals surface area contributed by atoms with Gasteiger partial charge in [-0.2, -0.15) is 0 Å². The first-order valence-electron chi connectivity index (χ1n) is 6.80. The maximum absolute atomic E-state index is 12.5. The fourth-order valence-electron chi connectivity index (χ4n) is 3.37. The second kappa shape index (κ2) is 4.80. The Labute approximate surface area is 118 Å². The number of aliphatic hydroxyl groups excluding tert-OH is 1. The van der Waals surface area contributed by atoms with Crippen LogP contribution in [0.5, 0.6) is 0 Å². The average molecular weight is 280 g/mol. The third-order valence-corrected chi connectivity index (χ3v) is 4.77.